The molecule has 19 heavy (non-hydrogen) atoms. The van der Waals surface area contributed by atoms with Gasteiger partial charge in [-0.3, -0.25) is 9.89 Å². The standard InChI is InChI=1S/C12H11N3O3S/c16-10(17)6-19-12-13-11(14-15-12)7-1-2-8-4-18-5-9(8)3-7/h1-3H,4-6H2,(H,16,17)(H,13,14,15). The number of carboxylic acids is 1. The van der Waals surface area contributed by atoms with Crippen molar-refractivity contribution >= 4 is 17.7 Å². The first-order valence-electron chi connectivity index (χ1n) is 5.69. The molecule has 0 radical (unpaired) electrons. The second-order valence-corrected chi connectivity index (χ2v) is 5.07. The third kappa shape index (κ3) is 2.61. The van der Waals surface area contributed by atoms with Gasteiger partial charge >= 0.3 is 5.97 Å². The largest absolute Gasteiger partial charge is 0.481 e. The molecule has 2 heterocycles. The van der Waals surface area contributed by atoms with E-state index in [4.69, 9.17) is 9.84 Å². The Morgan fingerprint density at radius 2 is 2.26 bits per heavy atom. The Labute approximate surface area is 113 Å². The van der Waals surface area contributed by atoms with E-state index >= 15 is 0 Å². The van der Waals surface area contributed by atoms with Gasteiger partial charge in [0.2, 0.25) is 5.16 Å². The first-order chi connectivity index (χ1) is 9.22. The topological polar surface area (TPSA) is 88.1 Å². The average Bonchev–Trinajstić information content (AvgIpc) is 3.04. The molecule has 0 atom stereocenters. The second kappa shape index (κ2) is 5.02. The van der Waals surface area contributed by atoms with Crippen LogP contribution in [-0.2, 0) is 22.7 Å². The lowest BCUT2D eigenvalue weighted by atomic mass is 10.1. The number of H-pyrrole nitrogens is 1. The van der Waals surface area contributed by atoms with Crippen molar-refractivity contribution in [1.82, 2.24) is 15.2 Å². The number of benzene rings is 1. The van der Waals surface area contributed by atoms with E-state index in [-0.39, 0.29) is 5.75 Å². The summed E-state index contributed by atoms with van der Waals surface area (Å²) in [6, 6.07) is 6.00. The molecule has 0 spiro atoms. The Bertz CT molecular complexity index is 626. The van der Waals surface area contributed by atoms with E-state index in [9.17, 15) is 4.79 Å². The molecule has 1 aliphatic rings. The molecule has 0 unspecified atom stereocenters. The Kier molecular flexibility index (Phi) is 3.22. The summed E-state index contributed by atoms with van der Waals surface area (Å²) in [5.41, 5.74) is 3.29. The van der Waals surface area contributed by atoms with Crippen molar-refractivity contribution in [2.45, 2.75) is 18.4 Å². The molecule has 1 aromatic carbocycles. The highest BCUT2D eigenvalue weighted by molar-refractivity contribution is 7.99. The fraction of sp³-hybridized carbons (Fsp3) is 0.250. The number of rotatable bonds is 4. The highest BCUT2D eigenvalue weighted by Gasteiger charge is 2.14. The third-order valence-electron chi connectivity index (χ3n) is 2.78. The predicted octanol–water partition coefficient (Wildman–Crippen LogP) is 1.68. The van der Waals surface area contributed by atoms with E-state index in [1.165, 1.54) is 5.56 Å². The number of ether oxygens (including phenoxy) is 1. The van der Waals surface area contributed by atoms with Gasteiger partial charge in [0.15, 0.2) is 5.82 Å². The molecule has 0 aliphatic carbocycles. The molecule has 0 saturated heterocycles. The molecular weight excluding hydrogens is 266 g/mol. The molecular formula is C12H11N3O3S. The molecule has 98 valence electrons. The zero-order valence-electron chi connectivity index (χ0n) is 9.92. The summed E-state index contributed by atoms with van der Waals surface area (Å²) in [7, 11) is 0. The van der Waals surface area contributed by atoms with Gasteiger partial charge in [-0.05, 0) is 17.2 Å². The van der Waals surface area contributed by atoms with E-state index in [0.29, 0.717) is 24.2 Å². The van der Waals surface area contributed by atoms with Gasteiger partial charge in [0, 0.05) is 5.56 Å². The van der Waals surface area contributed by atoms with Crippen molar-refractivity contribution < 1.29 is 14.6 Å². The lowest BCUT2D eigenvalue weighted by Crippen LogP contribution is -1.97. The minimum atomic E-state index is -0.883. The molecule has 3 rings (SSSR count). The van der Waals surface area contributed by atoms with Crippen molar-refractivity contribution in [2.75, 3.05) is 5.75 Å². The van der Waals surface area contributed by atoms with Gasteiger partial charge < -0.3 is 9.84 Å². The molecule has 6 nitrogen and oxygen atoms in total. The van der Waals surface area contributed by atoms with Crippen LogP contribution in [0.1, 0.15) is 11.1 Å². The fourth-order valence-electron chi connectivity index (χ4n) is 1.89. The van der Waals surface area contributed by atoms with Crippen LogP contribution in [0.15, 0.2) is 23.4 Å². The maximum Gasteiger partial charge on any atom is 0.313 e. The van der Waals surface area contributed by atoms with Crippen LogP contribution < -0.4 is 0 Å². The van der Waals surface area contributed by atoms with Gasteiger partial charge in [0.1, 0.15) is 0 Å². The third-order valence-corrected chi connectivity index (χ3v) is 3.62. The van der Waals surface area contributed by atoms with Crippen LogP contribution >= 0.6 is 11.8 Å². The van der Waals surface area contributed by atoms with Gasteiger partial charge in [-0.15, -0.1) is 5.10 Å². The Morgan fingerprint density at radius 1 is 1.42 bits per heavy atom. The number of aliphatic carboxylic acids is 1. The Hall–Kier alpha value is -1.86. The quantitative estimate of drug-likeness (QED) is 0.827. The number of aromatic amines is 1. The molecule has 2 N–H and O–H groups in total. The van der Waals surface area contributed by atoms with Crippen LogP contribution in [0.25, 0.3) is 11.4 Å². The molecule has 1 aliphatic heterocycles. The average molecular weight is 277 g/mol. The molecule has 0 saturated carbocycles. The first kappa shape index (κ1) is 12.2. The molecule has 1 aromatic heterocycles. The number of carbonyl (C=O) groups is 1. The van der Waals surface area contributed by atoms with Gasteiger partial charge in [0.25, 0.3) is 0 Å². The van der Waals surface area contributed by atoms with E-state index in [2.05, 4.69) is 15.2 Å². The fourth-order valence-corrected chi connectivity index (χ4v) is 2.40. The lowest BCUT2D eigenvalue weighted by molar-refractivity contribution is -0.133. The van der Waals surface area contributed by atoms with Crippen molar-refractivity contribution in [3.8, 4) is 11.4 Å². The van der Waals surface area contributed by atoms with Gasteiger partial charge in [-0.1, -0.05) is 23.9 Å². The molecule has 2 aromatic rings. The van der Waals surface area contributed by atoms with E-state index in [1.807, 2.05) is 18.2 Å². The van der Waals surface area contributed by atoms with Crippen LogP contribution in [-0.4, -0.2) is 32.0 Å². The lowest BCUT2D eigenvalue weighted by Gasteiger charge is -1.99. The summed E-state index contributed by atoms with van der Waals surface area (Å²) in [6.45, 7) is 1.28. The molecule has 7 heteroatoms. The summed E-state index contributed by atoms with van der Waals surface area (Å²) in [4.78, 5) is 14.7. The van der Waals surface area contributed by atoms with Gasteiger partial charge in [-0.25, -0.2) is 4.98 Å². The zero-order chi connectivity index (χ0) is 13.2. The van der Waals surface area contributed by atoms with Crippen LogP contribution in [0.2, 0.25) is 0 Å². The number of fused-ring (bicyclic) bond motifs is 1. The van der Waals surface area contributed by atoms with Crippen molar-refractivity contribution in [2.24, 2.45) is 0 Å². The van der Waals surface area contributed by atoms with Crippen LogP contribution in [0.3, 0.4) is 0 Å². The normalized spacial score (nSPS) is 13.5. The van der Waals surface area contributed by atoms with Crippen molar-refractivity contribution in [3.63, 3.8) is 0 Å². The van der Waals surface area contributed by atoms with Crippen molar-refractivity contribution in [3.05, 3.63) is 29.3 Å². The number of hydrogen-bond donors (Lipinski definition) is 2. The van der Waals surface area contributed by atoms with Crippen LogP contribution in [0.4, 0.5) is 0 Å². The molecule has 0 amide bonds. The Morgan fingerprint density at radius 3 is 3.11 bits per heavy atom. The highest BCUT2D eigenvalue weighted by atomic mass is 32.2. The molecule has 0 bridgehead atoms. The van der Waals surface area contributed by atoms with Gasteiger partial charge in [-0.2, -0.15) is 0 Å². The summed E-state index contributed by atoms with van der Waals surface area (Å²) >= 11 is 1.09. The maximum atomic E-state index is 10.5. The minimum absolute atomic E-state index is 0.0463. The van der Waals surface area contributed by atoms with Gasteiger partial charge in [0.05, 0.1) is 19.0 Å². The zero-order valence-corrected chi connectivity index (χ0v) is 10.7. The number of nitrogens with zero attached hydrogens (tertiary/aromatic N) is 2. The smallest absolute Gasteiger partial charge is 0.313 e. The van der Waals surface area contributed by atoms with E-state index in [0.717, 1.165) is 22.9 Å². The number of nitrogens with one attached hydrogen (secondary N) is 1. The van der Waals surface area contributed by atoms with E-state index in [1.54, 1.807) is 0 Å². The predicted molar refractivity (Wildman–Crippen MR) is 68.7 cm³/mol. The Balaban J connectivity index is 1.80. The van der Waals surface area contributed by atoms with Crippen LogP contribution in [0.5, 0.6) is 0 Å². The number of aromatic nitrogens is 3. The van der Waals surface area contributed by atoms with Crippen molar-refractivity contribution in [1.29, 1.82) is 0 Å². The molecule has 0 fully saturated rings. The highest BCUT2D eigenvalue weighted by Crippen LogP contribution is 2.26. The number of thioether (sulfide) groups is 1. The summed E-state index contributed by atoms with van der Waals surface area (Å²) in [5, 5.41) is 15.9. The minimum Gasteiger partial charge on any atom is -0.481 e. The number of carboxylic acid groups (broad SMARTS) is 1. The maximum absolute atomic E-state index is 10.5. The van der Waals surface area contributed by atoms with Crippen LogP contribution in [0, 0.1) is 0 Å². The monoisotopic (exact) mass is 277 g/mol. The summed E-state index contributed by atoms with van der Waals surface area (Å²) < 4.78 is 5.36. The second-order valence-electron chi connectivity index (χ2n) is 4.13. The number of hydrogen-bond acceptors (Lipinski definition) is 5. The summed E-state index contributed by atoms with van der Waals surface area (Å²) in [6.07, 6.45) is 0. The first-order valence-corrected chi connectivity index (χ1v) is 6.68. The van der Waals surface area contributed by atoms with E-state index < -0.39 is 5.97 Å². The SMILES string of the molecule is O=C(O)CSc1n[nH]c(-c2ccc3c(c2)COC3)n1. The summed E-state index contributed by atoms with van der Waals surface area (Å²) in [5.74, 6) is -0.288.